The van der Waals surface area contributed by atoms with Crippen molar-refractivity contribution in [2.75, 3.05) is 29.2 Å². The van der Waals surface area contributed by atoms with E-state index in [9.17, 15) is 63.9 Å². The molecule has 6 heterocycles. The molecular weight excluding hydrogens is 991 g/mol. The van der Waals surface area contributed by atoms with E-state index in [0.29, 0.717) is 16.9 Å². The number of rotatable bonds is 20. The van der Waals surface area contributed by atoms with E-state index in [-0.39, 0.29) is 51.0 Å². The Hall–Kier alpha value is -7.15. The molecule has 1 fully saturated rings. The summed E-state index contributed by atoms with van der Waals surface area (Å²) < 4.78 is 1.74. The van der Waals surface area contributed by atoms with E-state index >= 15 is 0 Å². The lowest BCUT2D eigenvalue weighted by molar-refractivity contribution is -0.689. The first-order valence-electron chi connectivity index (χ1n) is 19.9. The summed E-state index contributed by atoms with van der Waals surface area (Å²) in [5, 5.41) is 66.8. The van der Waals surface area contributed by atoms with Crippen LogP contribution in [0.25, 0.3) is 0 Å². The molecule has 4 atom stereocenters. The molecular formula is C39H42N11O15S4+. The number of hydrogen-bond donors (Lipinski definition) is 10. The van der Waals surface area contributed by atoms with Gasteiger partial charge in [-0.25, -0.2) is 33.7 Å². The summed E-state index contributed by atoms with van der Waals surface area (Å²) in [5.41, 5.74) is -0.169. The maximum atomic E-state index is 14.3. The van der Waals surface area contributed by atoms with Gasteiger partial charge in [-0.15, -0.1) is 46.2 Å². The Morgan fingerprint density at radius 1 is 0.870 bits per heavy atom. The molecule has 3 aliphatic rings. The van der Waals surface area contributed by atoms with Gasteiger partial charge in [0.05, 0.1) is 6.61 Å². The van der Waals surface area contributed by atoms with Crippen molar-refractivity contribution in [1.29, 1.82) is 0 Å². The summed E-state index contributed by atoms with van der Waals surface area (Å²) in [6.07, 6.45) is 3.47. The highest BCUT2D eigenvalue weighted by Crippen LogP contribution is 2.40. The fourth-order valence-corrected chi connectivity index (χ4v) is 9.94. The van der Waals surface area contributed by atoms with Crippen LogP contribution in [0.2, 0.25) is 0 Å². The van der Waals surface area contributed by atoms with Crippen LogP contribution in [-0.4, -0.2) is 151 Å². The van der Waals surface area contributed by atoms with Crippen LogP contribution < -0.4 is 31.6 Å². The number of nitrogens with zero attached hydrogens (tertiary/aromatic N) is 6. The predicted molar refractivity (Wildman–Crippen MR) is 245 cm³/mol. The van der Waals surface area contributed by atoms with Crippen LogP contribution in [0.15, 0.2) is 74.2 Å². The van der Waals surface area contributed by atoms with Crippen molar-refractivity contribution in [2.45, 2.75) is 68.3 Å². The third-order valence-electron chi connectivity index (χ3n) is 9.97. The third kappa shape index (κ3) is 11.6. The van der Waals surface area contributed by atoms with Crippen molar-refractivity contribution >= 4 is 115 Å². The van der Waals surface area contributed by atoms with Gasteiger partial charge < -0.3 is 62.2 Å². The van der Waals surface area contributed by atoms with Gasteiger partial charge in [0, 0.05) is 40.0 Å². The van der Waals surface area contributed by atoms with E-state index in [2.05, 4.69) is 41.5 Å². The summed E-state index contributed by atoms with van der Waals surface area (Å²) in [6, 6.07) is 2.28. The third-order valence-corrected chi connectivity index (χ3v) is 14.0. The molecule has 69 heavy (non-hydrogen) atoms. The molecule has 3 aromatic heterocycles. The van der Waals surface area contributed by atoms with Crippen LogP contribution in [0.1, 0.15) is 39.1 Å². The Labute approximate surface area is 405 Å². The van der Waals surface area contributed by atoms with Gasteiger partial charge in [-0.1, -0.05) is 16.4 Å². The van der Waals surface area contributed by atoms with Gasteiger partial charge in [-0.05, 0) is 33.3 Å². The minimum Gasteiger partial charge on any atom is -0.478 e. The maximum Gasteiger partial charge on any atom is 0.352 e. The lowest BCUT2D eigenvalue weighted by atomic mass is 10.0. The number of aliphatic carboxylic acids is 4. The molecule has 4 amide bonds. The van der Waals surface area contributed by atoms with Gasteiger partial charge in [-0.3, -0.25) is 24.1 Å². The molecule has 0 bridgehead atoms. The van der Waals surface area contributed by atoms with E-state index in [1.54, 1.807) is 35.2 Å². The molecule has 11 N–H and O–H groups in total. The number of aliphatic hydroxyl groups is 1. The molecule has 26 nitrogen and oxygen atoms in total. The Balaban J connectivity index is 1.28. The molecule has 0 saturated carbocycles. The highest BCUT2D eigenvalue weighted by Gasteiger charge is 2.55. The number of thiazole rings is 2. The van der Waals surface area contributed by atoms with Crippen LogP contribution >= 0.6 is 46.2 Å². The topological polar surface area (TPSA) is 388 Å². The van der Waals surface area contributed by atoms with Crippen molar-refractivity contribution in [2.24, 2.45) is 10.3 Å². The number of β-lactam (4-membered cyclic amide) rings is 1. The zero-order valence-corrected chi connectivity index (χ0v) is 39.7. The molecule has 3 aliphatic heterocycles. The molecule has 3 aromatic rings. The summed E-state index contributed by atoms with van der Waals surface area (Å²) in [6.45, 7) is 4.08. The van der Waals surface area contributed by atoms with E-state index < -0.39 is 105 Å². The molecule has 0 radical (unpaired) electrons. The largest absolute Gasteiger partial charge is 0.478 e. The van der Waals surface area contributed by atoms with E-state index in [1.807, 2.05) is 0 Å². The van der Waals surface area contributed by atoms with Gasteiger partial charge in [-0.2, -0.15) is 0 Å². The number of nitrogen functional groups attached to an aromatic ring is 1. The van der Waals surface area contributed by atoms with E-state index in [1.165, 1.54) is 22.5 Å². The molecule has 1 saturated heterocycles. The number of pyridine rings is 1. The summed E-state index contributed by atoms with van der Waals surface area (Å²) in [4.78, 5) is 124. The van der Waals surface area contributed by atoms with Crippen molar-refractivity contribution in [1.82, 2.24) is 30.8 Å². The van der Waals surface area contributed by atoms with Crippen molar-refractivity contribution in [3.63, 3.8) is 0 Å². The number of fused-ring (bicyclic) bond motifs is 1. The van der Waals surface area contributed by atoms with Crippen LogP contribution in [0.4, 0.5) is 10.3 Å². The summed E-state index contributed by atoms with van der Waals surface area (Å²) >= 11 is 3.72. The molecule has 366 valence electrons. The fourth-order valence-electron chi connectivity index (χ4n) is 6.15. The fraction of sp³-hybridized carbons (Fsp3) is 0.359. The van der Waals surface area contributed by atoms with Gasteiger partial charge in [0.25, 0.3) is 23.6 Å². The number of carboxylic acid groups (broad SMARTS) is 4. The minimum absolute atomic E-state index is 0.0198. The first kappa shape index (κ1) is 51.2. The number of carbonyl (C=O) groups excluding carboxylic acids is 4. The molecule has 30 heteroatoms. The number of hydrogen-bond acceptors (Lipinski definition) is 21. The van der Waals surface area contributed by atoms with E-state index in [0.717, 1.165) is 55.7 Å². The van der Waals surface area contributed by atoms with Gasteiger partial charge in [0.1, 0.15) is 45.6 Å². The van der Waals surface area contributed by atoms with Gasteiger partial charge >= 0.3 is 23.9 Å². The number of carbonyl (C=O) groups is 8. The highest BCUT2D eigenvalue weighted by molar-refractivity contribution is 8.00. The zero-order chi connectivity index (χ0) is 50.5. The lowest BCUT2D eigenvalue weighted by Crippen LogP contribution is -2.71. The first-order valence-corrected chi connectivity index (χ1v) is 23.8. The van der Waals surface area contributed by atoms with Crippen LogP contribution in [0, 0.1) is 0 Å². The Morgan fingerprint density at radius 3 is 2.03 bits per heavy atom. The quantitative estimate of drug-likeness (QED) is 0.0286. The number of nitrogens with two attached hydrogens (primary N) is 1. The average molecular weight is 1030 g/mol. The number of oxime groups is 2. The monoisotopic (exact) mass is 1030 g/mol. The summed E-state index contributed by atoms with van der Waals surface area (Å²) in [5.74, 6) is -9.79. The Morgan fingerprint density at radius 2 is 1.46 bits per heavy atom. The number of thioether (sulfide) groups is 2. The van der Waals surface area contributed by atoms with Crippen molar-refractivity contribution in [3.8, 4) is 0 Å². The number of amides is 4. The van der Waals surface area contributed by atoms with Crippen LogP contribution in [0.3, 0.4) is 0 Å². The average Bonchev–Trinajstić information content (AvgIpc) is 3.95. The minimum atomic E-state index is -2.01. The van der Waals surface area contributed by atoms with Gasteiger partial charge in [0.2, 0.25) is 11.2 Å². The number of aromatic nitrogens is 3. The molecule has 6 rings (SSSR count). The highest BCUT2D eigenvalue weighted by atomic mass is 32.2. The van der Waals surface area contributed by atoms with E-state index in [4.69, 9.17) is 15.4 Å². The van der Waals surface area contributed by atoms with Crippen LogP contribution in [-0.2, 0) is 54.6 Å². The van der Waals surface area contributed by atoms with Crippen molar-refractivity contribution < 1.29 is 78.1 Å². The first-order chi connectivity index (χ1) is 32.5. The number of anilines is 2. The second-order valence-electron chi connectivity index (χ2n) is 15.7. The zero-order valence-electron chi connectivity index (χ0n) is 36.4. The SMILES string of the molecule is CC(C)(O/N=C(\C(=O)N[C@H](C(=O)Nc1nc(/C(=N/OC(C)(C)C(=O)O)C(=O)N[C@@H]2C(=O)N3C(C(=O)O)=C(C[n+]4ccccc4)CS[C@H]23)cs1)[C@@H]1NC(C(=O)O)=C(CO)CS1)c1csc(N)n1)C(=O)O. The second-order valence-corrected chi connectivity index (χ2v) is 19.7. The number of nitrogens with one attached hydrogen (secondary N) is 4. The normalized spacial score (nSPS) is 19.1. The maximum absolute atomic E-state index is 14.3. The summed E-state index contributed by atoms with van der Waals surface area (Å²) in [7, 11) is 0. The lowest BCUT2D eigenvalue weighted by Gasteiger charge is -2.49. The van der Waals surface area contributed by atoms with Crippen LogP contribution in [0.5, 0.6) is 0 Å². The predicted octanol–water partition coefficient (Wildman–Crippen LogP) is -0.807. The standard InChI is InChI=1S/C39H41N11O15S4/c1-38(2,34(60)61)64-47-21(18-14-68-36(40)41-18)26(52)43-23(29-45-20(32(56)57)17(11-51)13-66-29)28(54)46-37-42-19(15-69-37)22(48-65-39(3,4)35(62)63)27(53)44-24-30(55)50-25(33(58)59)16(12-67-31(24)50)10-49-8-6-5-7-9-49/h5-9,14-15,23-24,29,31,45,51H,10-13H2,1-4H3,(H8-,40,41,42,43,44,46,52,53,54,56,57,58,59,60,61,62,63)/p+1/b47-21-,48-22-/t23-,24-,29-,31-/m1/s1. The molecule has 0 aromatic carbocycles. The number of aliphatic hydroxyl groups excluding tert-OH is 1. The van der Waals surface area contributed by atoms with Crippen molar-refractivity contribution in [3.05, 3.63) is 75.3 Å². The smallest absolute Gasteiger partial charge is 0.352 e. The molecule has 0 unspecified atom stereocenters. The second kappa shape index (κ2) is 21.0. The Bertz CT molecular complexity index is 2720. The molecule has 0 aliphatic carbocycles. The molecule has 0 spiro atoms. The van der Waals surface area contributed by atoms with Gasteiger partial charge in [0.15, 0.2) is 40.6 Å². The number of carboxylic acids is 4. The Kier molecular flexibility index (Phi) is 15.6.